The highest BCUT2D eigenvalue weighted by Gasteiger charge is 2.71. The zero-order valence-electron chi connectivity index (χ0n) is 15.7. The number of aliphatic hydroxyl groups is 1. The van der Waals surface area contributed by atoms with E-state index in [9.17, 15) is 9.90 Å². The Kier molecular flexibility index (Phi) is 4.80. The van der Waals surface area contributed by atoms with E-state index in [1.165, 1.54) is 19.4 Å². The van der Waals surface area contributed by atoms with E-state index < -0.39 is 5.92 Å². The predicted octanol–water partition coefficient (Wildman–Crippen LogP) is 2.23. The largest absolute Gasteiger partial charge is 0.461 e. The van der Waals surface area contributed by atoms with E-state index in [1.54, 1.807) is 0 Å². The molecular formula is C21H30NO4+. The van der Waals surface area contributed by atoms with Crippen molar-refractivity contribution >= 4 is 5.97 Å². The number of hydrogen-bond acceptors (Lipinski definition) is 4. The summed E-state index contributed by atoms with van der Waals surface area (Å²) in [5, 5.41) is 9.70. The van der Waals surface area contributed by atoms with E-state index >= 15 is 0 Å². The van der Waals surface area contributed by atoms with Crippen molar-refractivity contribution in [3.8, 4) is 0 Å². The number of morpholine rings is 1. The number of unbranched alkanes of at least 4 members (excludes halogenated alkanes) is 1. The van der Waals surface area contributed by atoms with Crippen LogP contribution in [0.25, 0.3) is 0 Å². The topological polar surface area (TPSA) is 59.1 Å². The molecule has 0 aliphatic carbocycles. The molecule has 3 aliphatic rings. The molecular weight excluding hydrogens is 330 g/mol. The third kappa shape index (κ3) is 2.96. The van der Waals surface area contributed by atoms with Gasteiger partial charge in [0.05, 0.1) is 20.2 Å². The minimum Gasteiger partial charge on any atom is -0.461 e. The molecule has 0 spiro atoms. The fourth-order valence-electron chi connectivity index (χ4n) is 5.23. The molecule has 1 aromatic rings. The molecule has 1 aromatic carbocycles. The normalized spacial score (nSPS) is 38.5. The highest BCUT2D eigenvalue weighted by Crippen LogP contribution is 2.52. The molecule has 1 N–H and O–H groups in total. The summed E-state index contributed by atoms with van der Waals surface area (Å²) in [6.45, 7) is 3.20. The molecule has 0 radical (unpaired) electrons. The molecule has 5 nitrogen and oxygen atoms in total. The molecule has 0 aromatic heterocycles. The standard InChI is InChI=1S/C21H30NO4/c1-3-4-10-22(2)17-11-15(12-18(22)20-19(17)26-20)25-21(24)16(13-23)14-8-6-5-7-9-14/h5-9,15-20,23H,3-4,10-13H2,1-2H3/q+1/t15?,16?,17-,18?,19?,20?,22?/m0/s1. The third-order valence-corrected chi connectivity index (χ3v) is 6.79. The van der Waals surface area contributed by atoms with Crippen LogP contribution >= 0.6 is 0 Å². The molecule has 3 heterocycles. The van der Waals surface area contributed by atoms with Crippen LogP contribution in [-0.4, -0.2) is 66.2 Å². The first-order valence-electron chi connectivity index (χ1n) is 9.95. The number of nitrogens with zero attached hydrogens (tertiary/aromatic N) is 1. The molecule has 3 aliphatic heterocycles. The van der Waals surface area contributed by atoms with Crippen LogP contribution in [0.15, 0.2) is 30.3 Å². The third-order valence-electron chi connectivity index (χ3n) is 6.79. The summed E-state index contributed by atoms with van der Waals surface area (Å²) in [5.41, 5.74) is 0.813. The Labute approximate surface area is 155 Å². The number of epoxide rings is 1. The Morgan fingerprint density at radius 2 is 1.92 bits per heavy atom. The van der Waals surface area contributed by atoms with Gasteiger partial charge in [0.1, 0.15) is 36.3 Å². The Morgan fingerprint density at radius 3 is 2.50 bits per heavy atom. The lowest BCUT2D eigenvalue weighted by Crippen LogP contribution is -2.62. The van der Waals surface area contributed by atoms with Gasteiger partial charge in [0.2, 0.25) is 0 Å². The zero-order chi connectivity index (χ0) is 18.3. The number of aliphatic hydroxyl groups excluding tert-OH is 1. The first-order chi connectivity index (χ1) is 12.6. The lowest BCUT2D eigenvalue weighted by atomic mass is 9.94. The number of hydrogen-bond donors (Lipinski definition) is 1. The van der Waals surface area contributed by atoms with Crippen molar-refractivity contribution in [2.75, 3.05) is 20.2 Å². The summed E-state index contributed by atoms with van der Waals surface area (Å²) in [7, 11) is 2.36. The first-order valence-corrected chi connectivity index (χ1v) is 9.95. The average Bonchev–Trinajstić information content (AvgIpc) is 3.40. The molecule has 142 valence electrons. The smallest absolute Gasteiger partial charge is 0.316 e. The van der Waals surface area contributed by atoms with Crippen LogP contribution in [-0.2, 0) is 14.3 Å². The number of likely N-dealkylation sites (N-methyl/N-ethyl adjacent to an activating group) is 1. The summed E-state index contributed by atoms with van der Waals surface area (Å²) in [6, 6.07) is 10.3. The van der Waals surface area contributed by atoms with Gasteiger partial charge in [-0.2, -0.15) is 0 Å². The van der Waals surface area contributed by atoms with E-state index in [0.717, 1.165) is 22.9 Å². The van der Waals surface area contributed by atoms with E-state index in [2.05, 4.69) is 14.0 Å². The molecule has 3 saturated heterocycles. The number of carbonyl (C=O) groups excluding carboxylic acids is 1. The Hall–Kier alpha value is -1.43. The van der Waals surface area contributed by atoms with Gasteiger partial charge >= 0.3 is 5.97 Å². The first kappa shape index (κ1) is 18.0. The number of fused-ring (bicyclic) bond motifs is 5. The quantitative estimate of drug-likeness (QED) is 0.460. The van der Waals surface area contributed by atoms with Crippen LogP contribution in [0.5, 0.6) is 0 Å². The van der Waals surface area contributed by atoms with E-state index in [4.69, 9.17) is 9.47 Å². The SMILES string of the molecule is CCCC[N+]1(C)C2CC(OC(=O)C(CO)c3ccccc3)C[C@H]1C1OC12. The minimum absolute atomic E-state index is 0.0560. The molecule has 4 rings (SSSR count). The van der Waals surface area contributed by atoms with Crippen LogP contribution < -0.4 is 0 Å². The lowest BCUT2D eigenvalue weighted by molar-refractivity contribution is -0.956. The van der Waals surface area contributed by atoms with Crippen molar-refractivity contribution in [2.24, 2.45) is 0 Å². The predicted molar refractivity (Wildman–Crippen MR) is 97.6 cm³/mol. The van der Waals surface area contributed by atoms with Crippen molar-refractivity contribution in [1.29, 1.82) is 0 Å². The summed E-state index contributed by atoms with van der Waals surface area (Å²) in [6.07, 6.45) is 4.83. The van der Waals surface area contributed by atoms with Crippen LogP contribution in [0.1, 0.15) is 44.1 Å². The van der Waals surface area contributed by atoms with Crippen molar-refractivity contribution in [1.82, 2.24) is 0 Å². The van der Waals surface area contributed by atoms with Crippen molar-refractivity contribution in [3.63, 3.8) is 0 Å². The summed E-state index contributed by atoms with van der Waals surface area (Å²) >= 11 is 0. The number of carbonyl (C=O) groups is 1. The molecule has 26 heavy (non-hydrogen) atoms. The van der Waals surface area contributed by atoms with Crippen molar-refractivity contribution in [3.05, 3.63) is 35.9 Å². The van der Waals surface area contributed by atoms with Gasteiger partial charge in [-0.15, -0.1) is 0 Å². The fourth-order valence-corrected chi connectivity index (χ4v) is 5.23. The lowest BCUT2D eigenvalue weighted by Gasteiger charge is -2.48. The second-order valence-electron chi connectivity index (χ2n) is 8.30. The number of rotatable bonds is 7. The molecule has 0 saturated carbocycles. The molecule has 7 atom stereocenters. The molecule has 2 bridgehead atoms. The average molecular weight is 360 g/mol. The number of benzene rings is 1. The highest BCUT2D eigenvalue weighted by molar-refractivity contribution is 5.78. The second-order valence-corrected chi connectivity index (χ2v) is 8.30. The minimum atomic E-state index is -0.595. The Morgan fingerprint density at radius 1 is 1.27 bits per heavy atom. The van der Waals surface area contributed by atoms with Gasteiger partial charge in [-0.25, -0.2) is 0 Å². The molecule has 3 fully saturated rings. The Balaban J connectivity index is 1.42. The summed E-state index contributed by atoms with van der Waals surface area (Å²) in [4.78, 5) is 12.7. The van der Waals surface area contributed by atoms with Crippen LogP contribution in [0.4, 0.5) is 0 Å². The molecule has 6 unspecified atom stereocenters. The number of esters is 1. The van der Waals surface area contributed by atoms with Crippen molar-refractivity contribution < 1.29 is 23.9 Å². The van der Waals surface area contributed by atoms with Crippen LogP contribution in [0, 0.1) is 0 Å². The maximum Gasteiger partial charge on any atom is 0.316 e. The zero-order valence-corrected chi connectivity index (χ0v) is 15.7. The number of ether oxygens (including phenoxy) is 2. The van der Waals surface area contributed by atoms with Gasteiger partial charge in [-0.1, -0.05) is 43.7 Å². The van der Waals surface area contributed by atoms with Gasteiger partial charge in [0.25, 0.3) is 0 Å². The summed E-state index contributed by atoms with van der Waals surface area (Å²) < 4.78 is 12.9. The molecule has 5 heteroatoms. The van der Waals surface area contributed by atoms with Crippen LogP contribution in [0.3, 0.4) is 0 Å². The highest BCUT2D eigenvalue weighted by atomic mass is 16.6. The summed E-state index contributed by atoms with van der Waals surface area (Å²) in [5.74, 6) is -0.898. The van der Waals surface area contributed by atoms with Gasteiger partial charge in [0.15, 0.2) is 0 Å². The second kappa shape index (κ2) is 6.95. The maximum atomic E-state index is 12.7. The maximum absolute atomic E-state index is 12.7. The van der Waals surface area contributed by atoms with Gasteiger partial charge in [-0.3, -0.25) is 4.79 Å². The fraction of sp³-hybridized carbons (Fsp3) is 0.667. The van der Waals surface area contributed by atoms with Gasteiger partial charge in [-0.05, 0) is 12.0 Å². The number of piperidine rings is 1. The van der Waals surface area contributed by atoms with E-state index in [1.807, 2.05) is 30.3 Å². The van der Waals surface area contributed by atoms with Gasteiger partial charge < -0.3 is 19.1 Å². The van der Waals surface area contributed by atoms with Crippen molar-refractivity contribution in [2.45, 2.75) is 68.9 Å². The number of quaternary nitrogens is 1. The monoisotopic (exact) mass is 360 g/mol. The van der Waals surface area contributed by atoms with E-state index in [-0.39, 0.29) is 18.7 Å². The van der Waals surface area contributed by atoms with Crippen LogP contribution in [0.2, 0.25) is 0 Å². The molecule has 0 amide bonds. The Bertz CT molecular complexity index is 631. The van der Waals surface area contributed by atoms with E-state index in [0.29, 0.717) is 24.3 Å². The van der Waals surface area contributed by atoms with Gasteiger partial charge in [0, 0.05) is 12.8 Å².